The predicted molar refractivity (Wildman–Crippen MR) is 76.5 cm³/mol. The van der Waals surface area contributed by atoms with Gasteiger partial charge in [-0.2, -0.15) is 0 Å². The molecule has 96 valence electrons. The van der Waals surface area contributed by atoms with Crippen molar-refractivity contribution in [1.29, 1.82) is 0 Å². The average molecular weight is 369 g/mol. The Hall–Kier alpha value is -0.180. The highest BCUT2D eigenvalue weighted by atomic mass is 127. The topological polar surface area (TPSA) is 58.6 Å². The third-order valence-corrected chi connectivity index (χ3v) is 4.09. The van der Waals surface area contributed by atoms with Crippen LogP contribution >= 0.6 is 33.9 Å². The van der Waals surface area contributed by atoms with Crippen molar-refractivity contribution in [3.05, 3.63) is 19.9 Å². The second kappa shape index (κ2) is 6.67. The Morgan fingerprint density at radius 1 is 1.71 bits per heavy atom. The van der Waals surface area contributed by atoms with Gasteiger partial charge >= 0.3 is 0 Å². The van der Waals surface area contributed by atoms with Gasteiger partial charge in [0.2, 0.25) is 0 Å². The van der Waals surface area contributed by atoms with Crippen LogP contribution in [0.3, 0.4) is 0 Å². The number of hydrogen-bond donors (Lipinski definition) is 2. The Labute approximate surface area is 119 Å². The van der Waals surface area contributed by atoms with Gasteiger partial charge in [0.15, 0.2) is 0 Å². The maximum atomic E-state index is 11.7. The number of rotatable bonds is 6. The molecule has 0 fully saturated rings. The molecule has 0 spiro atoms. The molecular formula is C11H16INO3S. The van der Waals surface area contributed by atoms with E-state index in [4.69, 9.17) is 4.74 Å². The van der Waals surface area contributed by atoms with Crippen molar-refractivity contribution in [3.63, 3.8) is 0 Å². The van der Waals surface area contributed by atoms with Crippen LogP contribution in [0.1, 0.15) is 23.7 Å². The van der Waals surface area contributed by atoms with E-state index in [9.17, 15) is 9.90 Å². The monoisotopic (exact) mass is 369 g/mol. The van der Waals surface area contributed by atoms with Gasteiger partial charge in [0.1, 0.15) is 0 Å². The summed E-state index contributed by atoms with van der Waals surface area (Å²) in [6.07, 6.45) is 0.491. The van der Waals surface area contributed by atoms with Crippen LogP contribution in [0.15, 0.2) is 11.4 Å². The average Bonchev–Trinajstić information content (AvgIpc) is 2.70. The summed E-state index contributed by atoms with van der Waals surface area (Å²) in [4.78, 5) is 11.7. The highest BCUT2D eigenvalue weighted by Gasteiger charge is 2.21. The minimum Gasteiger partial charge on any atom is -0.388 e. The molecule has 1 rings (SSSR count). The fourth-order valence-electron chi connectivity index (χ4n) is 1.21. The first-order valence-electron chi connectivity index (χ1n) is 5.18. The molecule has 6 heteroatoms. The van der Waals surface area contributed by atoms with Gasteiger partial charge in [0.05, 0.1) is 14.0 Å². The lowest BCUT2D eigenvalue weighted by Gasteiger charge is -2.23. The number of ether oxygens (including phenoxy) is 1. The van der Waals surface area contributed by atoms with Crippen LogP contribution in [-0.2, 0) is 4.74 Å². The third-order valence-electron chi connectivity index (χ3n) is 2.30. The van der Waals surface area contributed by atoms with Crippen LogP contribution in [0.5, 0.6) is 0 Å². The molecule has 17 heavy (non-hydrogen) atoms. The maximum absolute atomic E-state index is 11.7. The molecule has 1 aromatic rings. The first-order valence-corrected chi connectivity index (χ1v) is 7.14. The zero-order valence-electron chi connectivity index (χ0n) is 9.83. The Kier molecular flexibility index (Phi) is 5.84. The molecule has 4 nitrogen and oxygen atoms in total. The molecule has 1 atom stereocenters. The lowest BCUT2D eigenvalue weighted by molar-refractivity contribution is 0.0244. The molecule has 0 aliphatic heterocycles. The summed E-state index contributed by atoms with van der Waals surface area (Å²) in [5.74, 6) is -0.151. The molecule has 1 aromatic heterocycles. The van der Waals surface area contributed by atoms with Crippen molar-refractivity contribution in [3.8, 4) is 0 Å². The van der Waals surface area contributed by atoms with Crippen molar-refractivity contribution in [2.75, 3.05) is 20.3 Å². The van der Waals surface area contributed by atoms with Gasteiger partial charge < -0.3 is 15.2 Å². The molecule has 0 aromatic carbocycles. The van der Waals surface area contributed by atoms with Gasteiger partial charge in [-0.25, -0.2) is 0 Å². The van der Waals surface area contributed by atoms with Crippen LogP contribution in [-0.4, -0.2) is 36.9 Å². The SMILES string of the molecule is COCCC(C)(O)CNC(=O)c1csc(I)c1. The van der Waals surface area contributed by atoms with Crippen LogP contribution in [0.25, 0.3) is 0 Å². The Morgan fingerprint density at radius 2 is 2.41 bits per heavy atom. The third kappa shape index (κ3) is 5.33. The summed E-state index contributed by atoms with van der Waals surface area (Å²) in [6.45, 7) is 2.38. The normalized spacial score (nSPS) is 14.4. The van der Waals surface area contributed by atoms with E-state index in [1.165, 1.54) is 11.3 Å². The number of aliphatic hydroxyl groups is 1. The molecule has 1 amide bonds. The molecule has 0 radical (unpaired) electrons. The number of hydrogen-bond acceptors (Lipinski definition) is 4. The largest absolute Gasteiger partial charge is 0.388 e. The quantitative estimate of drug-likeness (QED) is 0.753. The van der Waals surface area contributed by atoms with Crippen LogP contribution in [0.2, 0.25) is 0 Å². The second-order valence-corrected chi connectivity index (χ2v) is 6.87. The Balaban J connectivity index is 2.42. The van der Waals surface area contributed by atoms with Crippen LogP contribution in [0.4, 0.5) is 0 Å². The Morgan fingerprint density at radius 3 is 2.94 bits per heavy atom. The lowest BCUT2D eigenvalue weighted by atomic mass is 10.0. The minimum atomic E-state index is -0.936. The Bertz CT molecular complexity index is 379. The number of carbonyl (C=O) groups is 1. The summed E-state index contributed by atoms with van der Waals surface area (Å²) in [5.41, 5.74) is -0.295. The molecule has 0 aliphatic rings. The first-order chi connectivity index (χ1) is 7.94. The van der Waals surface area contributed by atoms with Gasteiger partial charge in [-0.05, 0) is 35.6 Å². The van der Waals surface area contributed by atoms with E-state index in [0.717, 1.165) is 2.88 Å². The van der Waals surface area contributed by atoms with Crippen LogP contribution < -0.4 is 5.32 Å². The van der Waals surface area contributed by atoms with E-state index < -0.39 is 5.60 Å². The summed E-state index contributed by atoms with van der Waals surface area (Å²) in [5, 5.41) is 14.5. The van der Waals surface area contributed by atoms with E-state index in [-0.39, 0.29) is 12.5 Å². The lowest BCUT2D eigenvalue weighted by Crippen LogP contribution is -2.41. The molecular weight excluding hydrogens is 353 g/mol. The van der Waals surface area contributed by atoms with Gasteiger partial charge in [0, 0.05) is 32.1 Å². The van der Waals surface area contributed by atoms with Crippen LogP contribution in [0, 0.1) is 2.88 Å². The molecule has 0 saturated heterocycles. The van der Waals surface area contributed by atoms with Crippen molar-refractivity contribution in [1.82, 2.24) is 5.32 Å². The molecule has 0 aliphatic carbocycles. The predicted octanol–water partition coefficient (Wildman–Crippen LogP) is 1.87. The van der Waals surface area contributed by atoms with Gasteiger partial charge in [-0.3, -0.25) is 4.79 Å². The zero-order chi connectivity index (χ0) is 12.9. The second-order valence-electron chi connectivity index (χ2n) is 4.06. The summed E-state index contributed by atoms with van der Waals surface area (Å²) in [7, 11) is 1.59. The maximum Gasteiger partial charge on any atom is 0.252 e. The highest BCUT2D eigenvalue weighted by molar-refractivity contribution is 14.1. The number of carbonyl (C=O) groups excluding carboxylic acids is 1. The molecule has 1 heterocycles. The smallest absolute Gasteiger partial charge is 0.252 e. The van der Waals surface area contributed by atoms with Gasteiger partial charge in [-0.1, -0.05) is 0 Å². The number of halogens is 1. The first kappa shape index (κ1) is 14.9. The standard InChI is InChI=1S/C11H16INO3S/c1-11(15,3-4-16-2)7-13-10(14)8-5-9(12)17-6-8/h5-6,15H,3-4,7H2,1-2H3,(H,13,14). The van der Waals surface area contributed by atoms with Crippen molar-refractivity contribution in [2.45, 2.75) is 18.9 Å². The molecule has 0 bridgehead atoms. The number of methoxy groups -OCH3 is 1. The summed E-state index contributed by atoms with van der Waals surface area (Å²) >= 11 is 3.69. The van der Waals surface area contributed by atoms with E-state index in [0.29, 0.717) is 18.6 Å². The number of amides is 1. The fraction of sp³-hybridized carbons (Fsp3) is 0.545. The molecule has 0 saturated carbocycles. The number of thiophene rings is 1. The molecule has 1 unspecified atom stereocenters. The minimum absolute atomic E-state index is 0.151. The van der Waals surface area contributed by atoms with E-state index in [1.54, 1.807) is 19.4 Å². The highest BCUT2D eigenvalue weighted by Crippen LogP contribution is 2.16. The fourth-order valence-corrected chi connectivity index (χ4v) is 2.54. The van der Waals surface area contributed by atoms with Gasteiger partial charge in [-0.15, -0.1) is 11.3 Å². The molecule has 2 N–H and O–H groups in total. The summed E-state index contributed by atoms with van der Waals surface area (Å²) in [6, 6.07) is 1.82. The van der Waals surface area contributed by atoms with E-state index in [1.807, 2.05) is 6.07 Å². The van der Waals surface area contributed by atoms with E-state index in [2.05, 4.69) is 27.9 Å². The van der Waals surface area contributed by atoms with Crippen molar-refractivity contribution >= 4 is 39.8 Å². The number of nitrogens with one attached hydrogen (secondary N) is 1. The van der Waals surface area contributed by atoms with Crippen molar-refractivity contribution in [2.24, 2.45) is 0 Å². The van der Waals surface area contributed by atoms with Crippen molar-refractivity contribution < 1.29 is 14.6 Å². The zero-order valence-corrected chi connectivity index (χ0v) is 12.8. The van der Waals surface area contributed by atoms with E-state index >= 15 is 0 Å². The van der Waals surface area contributed by atoms with Gasteiger partial charge in [0.25, 0.3) is 5.91 Å². The summed E-state index contributed by atoms with van der Waals surface area (Å²) < 4.78 is 5.97.